The maximum absolute atomic E-state index is 12.4. The minimum absolute atomic E-state index is 0.124. The highest BCUT2D eigenvalue weighted by molar-refractivity contribution is 5.77. The number of amides is 1. The number of aliphatic hydroxyl groups is 1. The second-order valence-corrected chi connectivity index (χ2v) is 7.68. The predicted octanol–water partition coefficient (Wildman–Crippen LogP) is 1.10. The molecule has 5 aliphatic rings. The van der Waals surface area contributed by atoms with Gasteiger partial charge in [0.05, 0.1) is 12.3 Å². The van der Waals surface area contributed by atoms with Crippen molar-refractivity contribution in [1.29, 1.82) is 0 Å². The zero-order valence-corrected chi connectivity index (χ0v) is 11.5. The summed E-state index contributed by atoms with van der Waals surface area (Å²) in [7, 11) is 0. The van der Waals surface area contributed by atoms with E-state index in [1.54, 1.807) is 0 Å². The first-order valence-corrected chi connectivity index (χ1v) is 7.77. The molecule has 0 aromatic rings. The number of nitrogens with zero attached hydrogens (tertiary/aromatic N) is 1. The topological polar surface area (TPSA) is 52.6 Å². The molecule has 4 aliphatic carbocycles. The van der Waals surface area contributed by atoms with Crippen LogP contribution in [0.25, 0.3) is 0 Å². The van der Waals surface area contributed by atoms with Crippen molar-refractivity contribution in [2.45, 2.75) is 50.5 Å². The molecular weight excluding hydrogens is 240 g/mol. The minimum atomic E-state index is -0.437. The van der Waals surface area contributed by atoms with Crippen LogP contribution >= 0.6 is 0 Å². The van der Waals surface area contributed by atoms with E-state index in [0.717, 1.165) is 32.4 Å². The summed E-state index contributed by atoms with van der Waals surface area (Å²) >= 11 is 0. The zero-order chi connectivity index (χ0) is 13.1. The number of carbonyl (C=O) groups excluding carboxylic acids is 1. The third-order valence-electron chi connectivity index (χ3n) is 5.89. The third-order valence-corrected chi connectivity index (χ3v) is 5.89. The van der Waals surface area contributed by atoms with E-state index >= 15 is 0 Å². The van der Waals surface area contributed by atoms with Crippen molar-refractivity contribution in [3.63, 3.8) is 0 Å². The Morgan fingerprint density at radius 1 is 1.26 bits per heavy atom. The Kier molecular flexibility index (Phi) is 2.53. The van der Waals surface area contributed by atoms with Gasteiger partial charge in [0.25, 0.3) is 0 Å². The molecule has 4 heteroatoms. The SMILES string of the molecule is O=C(CC12CC3CC(CC(O)(C3)C1)C2)N1CCNC1. The van der Waals surface area contributed by atoms with Crippen LogP contribution in [0.4, 0.5) is 0 Å². The summed E-state index contributed by atoms with van der Waals surface area (Å²) in [4.78, 5) is 14.4. The smallest absolute Gasteiger partial charge is 0.224 e. The van der Waals surface area contributed by atoms with E-state index in [1.807, 2.05) is 4.90 Å². The molecule has 0 aromatic heterocycles. The molecule has 0 aromatic carbocycles. The number of rotatable bonds is 2. The van der Waals surface area contributed by atoms with Crippen LogP contribution in [0.5, 0.6) is 0 Å². The van der Waals surface area contributed by atoms with Crippen molar-refractivity contribution in [2.75, 3.05) is 19.8 Å². The van der Waals surface area contributed by atoms with Crippen LogP contribution in [0.15, 0.2) is 0 Å². The largest absolute Gasteiger partial charge is 0.390 e. The maximum atomic E-state index is 12.4. The monoisotopic (exact) mass is 264 g/mol. The lowest BCUT2D eigenvalue weighted by atomic mass is 9.47. The van der Waals surface area contributed by atoms with Crippen molar-refractivity contribution >= 4 is 5.91 Å². The van der Waals surface area contributed by atoms with Gasteiger partial charge in [-0.05, 0) is 55.8 Å². The number of hydrogen-bond donors (Lipinski definition) is 2. The van der Waals surface area contributed by atoms with Crippen LogP contribution < -0.4 is 5.32 Å². The van der Waals surface area contributed by atoms with Gasteiger partial charge in [0.1, 0.15) is 0 Å². The summed E-state index contributed by atoms with van der Waals surface area (Å²) < 4.78 is 0. The van der Waals surface area contributed by atoms with E-state index in [1.165, 1.54) is 19.3 Å². The molecule has 4 nitrogen and oxygen atoms in total. The van der Waals surface area contributed by atoms with Crippen LogP contribution in [-0.4, -0.2) is 41.3 Å². The van der Waals surface area contributed by atoms with Crippen LogP contribution in [-0.2, 0) is 4.79 Å². The standard InChI is InChI=1S/C15H24N2O2/c18-13(17-2-1-16-10-17)8-14-4-11-3-12(5-14)7-15(19,6-11)9-14/h11-12,16,19H,1-10H2. The normalized spacial score (nSPS) is 47.9. The molecule has 0 spiro atoms. The number of carbonyl (C=O) groups is 1. The molecule has 4 saturated carbocycles. The second kappa shape index (κ2) is 3.95. The first-order valence-electron chi connectivity index (χ1n) is 7.77. The van der Waals surface area contributed by atoms with Crippen molar-refractivity contribution in [3.8, 4) is 0 Å². The predicted molar refractivity (Wildman–Crippen MR) is 71.3 cm³/mol. The molecule has 5 rings (SSSR count). The fourth-order valence-corrected chi connectivity index (χ4v) is 5.76. The van der Waals surface area contributed by atoms with Gasteiger partial charge in [-0.2, -0.15) is 0 Å². The Morgan fingerprint density at radius 3 is 2.58 bits per heavy atom. The van der Waals surface area contributed by atoms with Gasteiger partial charge in [0, 0.05) is 19.5 Å². The van der Waals surface area contributed by atoms with E-state index in [0.29, 0.717) is 30.8 Å². The van der Waals surface area contributed by atoms with E-state index in [4.69, 9.17) is 0 Å². The summed E-state index contributed by atoms with van der Waals surface area (Å²) in [5, 5.41) is 13.9. The van der Waals surface area contributed by atoms with Gasteiger partial charge in [0.2, 0.25) is 5.91 Å². The fourth-order valence-electron chi connectivity index (χ4n) is 5.76. The van der Waals surface area contributed by atoms with Gasteiger partial charge in [-0.3, -0.25) is 10.1 Å². The highest BCUT2D eigenvalue weighted by Crippen LogP contribution is 2.62. The Bertz CT molecular complexity index is 389. The molecule has 106 valence electrons. The highest BCUT2D eigenvalue weighted by atomic mass is 16.3. The lowest BCUT2D eigenvalue weighted by Crippen LogP contribution is -2.56. The Labute approximate surface area is 114 Å². The summed E-state index contributed by atoms with van der Waals surface area (Å²) in [6, 6.07) is 0. The van der Waals surface area contributed by atoms with Gasteiger partial charge in [-0.1, -0.05) is 0 Å². The van der Waals surface area contributed by atoms with Crippen molar-refractivity contribution in [1.82, 2.24) is 10.2 Å². The Morgan fingerprint density at radius 2 is 2.00 bits per heavy atom. The molecule has 4 bridgehead atoms. The van der Waals surface area contributed by atoms with Crippen LogP contribution in [0, 0.1) is 17.3 Å². The first kappa shape index (κ1) is 12.2. The van der Waals surface area contributed by atoms with Gasteiger partial charge < -0.3 is 10.0 Å². The lowest BCUT2D eigenvalue weighted by Gasteiger charge is -2.60. The molecule has 1 saturated heterocycles. The molecule has 1 amide bonds. The van der Waals surface area contributed by atoms with E-state index in [9.17, 15) is 9.90 Å². The molecule has 2 N–H and O–H groups in total. The molecule has 5 fully saturated rings. The minimum Gasteiger partial charge on any atom is -0.390 e. The van der Waals surface area contributed by atoms with E-state index in [2.05, 4.69) is 5.32 Å². The molecule has 1 heterocycles. The summed E-state index contributed by atoms with van der Waals surface area (Å²) in [5.41, 5.74) is -0.313. The average Bonchev–Trinajstić information content (AvgIpc) is 2.77. The molecule has 2 atom stereocenters. The van der Waals surface area contributed by atoms with Crippen molar-refractivity contribution in [2.24, 2.45) is 17.3 Å². The third kappa shape index (κ3) is 2.00. The maximum Gasteiger partial charge on any atom is 0.224 e. The molecule has 0 radical (unpaired) electrons. The van der Waals surface area contributed by atoms with E-state index < -0.39 is 5.60 Å². The molecular formula is C15H24N2O2. The fraction of sp³-hybridized carbons (Fsp3) is 0.933. The van der Waals surface area contributed by atoms with Crippen molar-refractivity contribution < 1.29 is 9.90 Å². The van der Waals surface area contributed by atoms with Crippen LogP contribution in [0.1, 0.15) is 44.9 Å². The highest BCUT2D eigenvalue weighted by Gasteiger charge is 2.57. The van der Waals surface area contributed by atoms with Crippen LogP contribution in [0.3, 0.4) is 0 Å². The average molecular weight is 264 g/mol. The van der Waals surface area contributed by atoms with Gasteiger partial charge in [-0.15, -0.1) is 0 Å². The number of nitrogens with one attached hydrogen (secondary N) is 1. The quantitative estimate of drug-likeness (QED) is 0.785. The molecule has 19 heavy (non-hydrogen) atoms. The van der Waals surface area contributed by atoms with Gasteiger partial charge in [-0.25, -0.2) is 0 Å². The Hall–Kier alpha value is -0.610. The molecule has 2 unspecified atom stereocenters. The second-order valence-electron chi connectivity index (χ2n) is 7.68. The van der Waals surface area contributed by atoms with Gasteiger partial charge in [0.15, 0.2) is 0 Å². The lowest BCUT2D eigenvalue weighted by molar-refractivity contribution is -0.171. The van der Waals surface area contributed by atoms with Crippen molar-refractivity contribution in [3.05, 3.63) is 0 Å². The summed E-state index contributed by atoms with van der Waals surface area (Å²) in [5.74, 6) is 1.65. The Balaban J connectivity index is 1.52. The van der Waals surface area contributed by atoms with Gasteiger partial charge >= 0.3 is 0 Å². The summed E-state index contributed by atoms with van der Waals surface area (Å²) in [6.45, 7) is 2.49. The number of hydrogen-bond acceptors (Lipinski definition) is 3. The summed E-state index contributed by atoms with van der Waals surface area (Å²) in [6.07, 6.45) is 7.18. The van der Waals surface area contributed by atoms with E-state index in [-0.39, 0.29) is 5.41 Å². The first-order chi connectivity index (χ1) is 9.06. The molecule has 1 aliphatic heterocycles. The zero-order valence-electron chi connectivity index (χ0n) is 11.5. The van der Waals surface area contributed by atoms with Crippen LogP contribution in [0.2, 0.25) is 0 Å².